The van der Waals surface area contributed by atoms with Crippen LogP contribution in [0, 0.1) is 11.6 Å². The molecule has 4 aromatic rings. The van der Waals surface area contributed by atoms with Crippen molar-refractivity contribution < 1.29 is 31.4 Å². The van der Waals surface area contributed by atoms with Crippen molar-refractivity contribution in [1.29, 1.82) is 0 Å². The third-order valence-corrected chi connectivity index (χ3v) is 6.13. The van der Waals surface area contributed by atoms with Gasteiger partial charge in [0, 0.05) is 17.3 Å². The second-order valence-corrected chi connectivity index (χ2v) is 8.46. The van der Waals surface area contributed by atoms with Gasteiger partial charge in [-0.25, -0.2) is 17.2 Å². The highest BCUT2D eigenvalue weighted by atomic mass is 32.2. The Morgan fingerprint density at radius 1 is 0.879 bits per heavy atom. The molecular formula is C23H18F2N2O5S. The van der Waals surface area contributed by atoms with Crippen LogP contribution in [0.2, 0.25) is 0 Å². The quantitative estimate of drug-likeness (QED) is 0.402. The van der Waals surface area contributed by atoms with Crippen LogP contribution < -0.4 is 18.9 Å². The summed E-state index contributed by atoms with van der Waals surface area (Å²) in [7, 11) is -1.28. The zero-order valence-corrected chi connectivity index (χ0v) is 18.3. The molecule has 0 aliphatic carbocycles. The van der Waals surface area contributed by atoms with Crippen molar-refractivity contribution >= 4 is 26.6 Å². The molecule has 0 fully saturated rings. The standard InChI is InChI=1S/C23H18F2N2O5S/c1-30-20-10-8-17-19(11-12-26-22(17)23(20)31-2)32-16-6-4-15(5-7-16)27-33(28,29)21-13-14(24)3-9-18(21)25/h3-13,27H,1-2H3. The zero-order chi connectivity index (χ0) is 23.6. The van der Waals surface area contributed by atoms with Crippen molar-refractivity contribution in [3.63, 3.8) is 0 Å². The SMILES string of the molecule is COc1ccc2c(Oc3ccc(NS(=O)(=O)c4cc(F)ccc4F)cc3)ccnc2c1OC. The van der Waals surface area contributed by atoms with Crippen LogP contribution in [0.15, 0.2) is 71.8 Å². The first-order valence-corrected chi connectivity index (χ1v) is 11.1. The molecule has 0 bridgehead atoms. The van der Waals surface area contributed by atoms with Crippen LogP contribution in [0.25, 0.3) is 10.9 Å². The third kappa shape index (κ3) is 4.51. The Morgan fingerprint density at radius 3 is 2.33 bits per heavy atom. The molecule has 0 atom stereocenters. The summed E-state index contributed by atoms with van der Waals surface area (Å²) in [4.78, 5) is 3.56. The second-order valence-electron chi connectivity index (χ2n) is 6.81. The number of methoxy groups -OCH3 is 2. The molecule has 4 rings (SSSR count). The van der Waals surface area contributed by atoms with Gasteiger partial charge in [0.25, 0.3) is 10.0 Å². The summed E-state index contributed by atoms with van der Waals surface area (Å²) in [6.45, 7) is 0. The molecule has 7 nitrogen and oxygen atoms in total. The van der Waals surface area contributed by atoms with Gasteiger partial charge < -0.3 is 14.2 Å². The van der Waals surface area contributed by atoms with E-state index in [1.54, 1.807) is 24.4 Å². The van der Waals surface area contributed by atoms with Crippen molar-refractivity contribution in [3.8, 4) is 23.0 Å². The number of sulfonamides is 1. The Hall–Kier alpha value is -3.92. The summed E-state index contributed by atoms with van der Waals surface area (Å²) in [5.74, 6) is -0.0103. The summed E-state index contributed by atoms with van der Waals surface area (Å²) in [6.07, 6.45) is 1.57. The highest BCUT2D eigenvalue weighted by molar-refractivity contribution is 7.92. The first-order chi connectivity index (χ1) is 15.8. The van der Waals surface area contributed by atoms with Crippen LogP contribution in [0.4, 0.5) is 14.5 Å². The molecule has 10 heteroatoms. The van der Waals surface area contributed by atoms with Crippen molar-refractivity contribution in [1.82, 2.24) is 4.98 Å². The molecule has 0 saturated heterocycles. The average molecular weight is 472 g/mol. The summed E-state index contributed by atoms with van der Waals surface area (Å²) in [5, 5.41) is 0.682. The maximum Gasteiger partial charge on any atom is 0.264 e. The molecule has 0 unspecified atom stereocenters. The van der Waals surface area contributed by atoms with E-state index in [4.69, 9.17) is 14.2 Å². The smallest absolute Gasteiger partial charge is 0.264 e. The first kappa shape index (κ1) is 22.3. The number of benzene rings is 3. The minimum atomic E-state index is -4.32. The molecule has 3 aromatic carbocycles. The van der Waals surface area contributed by atoms with Gasteiger partial charge in [0.05, 0.1) is 14.2 Å². The van der Waals surface area contributed by atoms with E-state index in [1.165, 1.54) is 38.5 Å². The lowest BCUT2D eigenvalue weighted by molar-refractivity contribution is 0.358. The molecule has 1 aromatic heterocycles. The van der Waals surface area contributed by atoms with E-state index in [9.17, 15) is 17.2 Å². The Labute approximate surface area is 188 Å². The number of hydrogen-bond acceptors (Lipinski definition) is 6. The lowest BCUT2D eigenvalue weighted by Gasteiger charge is -2.13. The number of anilines is 1. The van der Waals surface area contributed by atoms with Gasteiger partial charge in [0.2, 0.25) is 0 Å². The van der Waals surface area contributed by atoms with Crippen molar-refractivity contribution in [2.75, 3.05) is 18.9 Å². The van der Waals surface area contributed by atoms with Gasteiger partial charge in [-0.05, 0) is 60.7 Å². The average Bonchev–Trinajstić information content (AvgIpc) is 2.81. The fraction of sp³-hybridized carbons (Fsp3) is 0.0870. The van der Waals surface area contributed by atoms with Gasteiger partial charge in [-0.1, -0.05) is 0 Å². The highest BCUT2D eigenvalue weighted by Crippen LogP contribution is 2.38. The Morgan fingerprint density at radius 2 is 1.64 bits per heavy atom. The van der Waals surface area contributed by atoms with E-state index in [1.807, 2.05) is 0 Å². The van der Waals surface area contributed by atoms with Gasteiger partial charge in [-0.15, -0.1) is 0 Å². The van der Waals surface area contributed by atoms with Gasteiger partial charge in [-0.3, -0.25) is 9.71 Å². The van der Waals surface area contributed by atoms with Crippen molar-refractivity contribution in [2.24, 2.45) is 0 Å². The van der Waals surface area contributed by atoms with Crippen LogP contribution in [-0.2, 0) is 10.0 Å². The number of nitrogens with zero attached hydrogens (tertiary/aromatic N) is 1. The highest BCUT2D eigenvalue weighted by Gasteiger charge is 2.20. The Balaban J connectivity index is 1.58. The maximum absolute atomic E-state index is 13.9. The minimum Gasteiger partial charge on any atom is -0.493 e. The molecular weight excluding hydrogens is 454 g/mol. The minimum absolute atomic E-state index is 0.150. The topological polar surface area (TPSA) is 86.8 Å². The number of halogens is 2. The molecule has 0 amide bonds. The monoisotopic (exact) mass is 472 g/mol. The maximum atomic E-state index is 13.9. The van der Waals surface area contributed by atoms with Crippen LogP contribution >= 0.6 is 0 Å². The number of nitrogens with one attached hydrogen (secondary N) is 1. The molecule has 170 valence electrons. The van der Waals surface area contributed by atoms with Gasteiger partial charge >= 0.3 is 0 Å². The lowest BCUT2D eigenvalue weighted by atomic mass is 10.1. The van der Waals surface area contributed by atoms with E-state index < -0.39 is 26.6 Å². The number of pyridine rings is 1. The number of ether oxygens (including phenoxy) is 3. The number of rotatable bonds is 7. The number of fused-ring (bicyclic) bond motifs is 1. The lowest BCUT2D eigenvalue weighted by Crippen LogP contribution is -2.14. The molecule has 0 aliphatic rings. The predicted molar refractivity (Wildman–Crippen MR) is 119 cm³/mol. The Bertz CT molecular complexity index is 1430. The second kappa shape index (κ2) is 8.91. The third-order valence-electron chi connectivity index (χ3n) is 4.73. The summed E-state index contributed by atoms with van der Waals surface area (Å²) in [6, 6.07) is 13.4. The number of hydrogen-bond donors (Lipinski definition) is 1. The van der Waals surface area contributed by atoms with Gasteiger partial charge in [0.15, 0.2) is 11.5 Å². The fourth-order valence-electron chi connectivity index (χ4n) is 3.21. The molecule has 0 aliphatic heterocycles. The van der Waals surface area contributed by atoms with Gasteiger partial charge in [-0.2, -0.15) is 0 Å². The molecule has 33 heavy (non-hydrogen) atoms. The van der Waals surface area contributed by atoms with Crippen LogP contribution in [0.5, 0.6) is 23.0 Å². The largest absolute Gasteiger partial charge is 0.493 e. The van der Waals surface area contributed by atoms with Crippen molar-refractivity contribution in [2.45, 2.75) is 4.90 Å². The summed E-state index contributed by atoms with van der Waals surface area (Å²) < 4.78 is 71.0. The molecule has 1 N–H and O–H groups in total. The fourth-order valence-corrected chi connectivity index (χ4v) is 4.36. The Kier molecular flexibility index (Phi) is 6.01. The zero-order valence-electron chi connectivity index (χ0n) is 17.5. The van der Waals surface area contributed by atoms with Crippen LogP contribution in [-0.4, -0.2) is 27.6 Å². The molecule has 1 heterocycles. The summed E-state index contributed by atoms with van der Waals surface area (Å²) >= 11 is 0. The van der Waals surface area contributed by atoms with Crippen molar-refractivity contribution in [3.05, 3.63) is 78.5 Å². The molecule has 0 spiro atoms. The van der Waals surface area contributed by atoms with Crippen LogP contribution in [0.3, 0.4) is 0 Å². The van der Waals surface area contributed by atoms with E-state index in [0.717, 1.165) is 12.1 Å². The number of aromatic nitrogens is 1. The van der Waals surface area contributed by atoms with Crippen LogP contribution in [0.1, 0.15) is 0 Å². The van der Waals surface area contributed by atoms with Gasteiger partial charge in [0.1, 0.15) is 33.5 Å². The molecule has 0 saturated carbocycles. The first-order valence-electron chi connectivity index (χ1n) is 9.58. The van der Waals surface area contributed by atoms with E-state index in [0.29, 0.717) is 40.0 Å². The predicted octanol–water partition coefficient (Wildman–Crippen LogP) is 5.12. The van der Waals surface area contributed by atoms with E-state index >= 15 is 0 Å². The normalized spacial score (nSPS) is 11.3. The summed E-state index contributed by atoms with van der Waals surface area (Å²) in [5.41, 5.74) is 0.702. The van der Waals surface area contributed by atoms with E-state index in [2.05, 4.69) is 9.71 Å². The van der Waals surface area contributed by atoms with E-state index in [-0.39, 0.29) is 5.69 Å². The molecule has 0 radical (unpaired) electrons.